The van der Waals surface area contributed by atoms with E-state index in [1.165, 1.54) is 5.56 Å². The lowest BCUT2D eigenvalue weighted by molar-refractivity contribution is 0.691. The first-order chi connectivity index (χ1) is 9.38. The first kappa shape index (κ1) is 11.8. The molecule has 4 heteroatoms. The van der Waals surface area contributed by atoms with Crippen LogP contribution in [-0.4, -0.2) is 19.5 Å². The summed E-state index contributed by atoms with van der Waals surface area (Å²) in [6.45, 7) is 3.09. The van der Waals surface area contributed by atoms with Crippen molar-refractivity contribution in [2.45, 2.75) is 26.3 Å². The van der Waals surface area contributed by atoms with Crippen LogP contribution < -0.4 is 0 Å². The van der Waals surface area contributed by atoms with Gasteiger partial charge in [0, 0.05) is 13.0 Å². The van der Waals surface area contributed by atoms with Crippen LogP contribution in [0.25, 0.3) is 11.2 Å². The summed E-state index contributed by atoms with van der Waals surface area (Å²) in [5.41, 5.74) is 4.08. The summed E-state index contributed by atoms with van der Waals surface area (Å²) >= 11 is 0. The Morgan fingerprint density at radius 2 is 1.89 bits per heavy atom. The normalized spacial score (nSPS) is 11.0. The first-order valence-corrected chi connectivity index (χ1v) is 6.57. The third kappa shape index (κ3) is 2.34. The Balaban J connectivity index is 2.00. The predicted molar refractivity (Wildman–Crippen MR) is 74.9 cm³/mol. The number of aromatic nitrogens is 4. The van der Waals surface area contributed by atoms with Gasteiger partial charge in [-0.25, -0.2) is 15.0 Å². The van der Waals surface area contributed by atoms with Gasteiger partial charge in [-0.1, -0.05) is 37.3 Å². The Kier molecular flexibility index (Phi) is 3.23. The lowest BCUT2D eigenvalue weighted by Gasteiger charge is -2.03. The van der Waals surface area contributed by atoms with E-state index in [1.54, 1.807) is 6.33 Å². The van der Waals surface area contributed by atoms with Gasteiger partial charge in [0.1, 0.15) is 11.8 Å². The van der Waals surface area contributed by atoms with Crippen molar-refractivity contribution in [2.75, 3.05) is 0 Å². The van der Waals surface area contributed by atoms with Crippen molar-refractivity contribution in [1.29, 1.82) is 0 Å². The zero-order valence-electron chi connectivity index (χ0n) is 11.0. The minimum Gasteiger partial charge on any atom is -0.315 e. The Morgan fingerprint density at radius 1 is 1.05 bits per heavy atom. The van der Waals surface area contributed by atoms with Gasteiger partial charge in [0.2, 0.25) is 0 Å². The van der Waals surface area contributed by atoms with Gasteiger partial charge in [-0.15, -0.1) is 0 Å². The molecule has 2 aromatic heterocycles. The molecule has 2 heterocycles. The molecule has 0 aliphatic rings. The van der Waals surface area contributed by atoms with E-state index in [0.29, 0.717) is 0 Å². The average Bonchev–Trinajstić information content (AvgIpc) is 2.85. The average molecular weight is 252 g/mol. The van der Waals surface area contributed by atoms with Gasteiger partial charge >= 0.3 is 0 Å². The molecule has 0 radical (unpaired) electrons. The summed E-state index contributed by atoms with van der Waals surface area (Å²) in [4.78, 5) is 13.2. The van der Waals surface area contributed by atoms with Crippen molar-refractivity contribution >= 4 is 11.2 Å². The smallest absolute Gasteiger partial charge is 0.163 e. The molecule has 0 spiro atoms. The highest BCUT2D eigenvalue weighted by Gasteiger charge is 2.09. The number of imidazole rings is 1. The molecule has 0 aliphatic carbocycles. The predicted octanol–water partition coefficient (Wildman–Crippen LogP) is 2.83. The zero-order chi connectivity index (χ0) is 13.1. The number of aryl methyl sites for hydroxylation is 1. The molecular formula is C15H16N4. The highest BCUT2D eigenvalue weighted by molar-refractivity contribution is 5.73. The lowest BCUT2D eigenvalue weighted by atomic mass is 10.1. The summed E-state index contributed by atoms with van der Waals surface area (Å²) in [6.07, 6.45) is 5.36. The Labute approximate surface area is 112 Å². The van der Waals surface area contributed by atoms with E-state index in [9.17, 15) is 0 Å². The Hall–Kier alpha value is -2.23. The largest absolute Gasteiger partial charge is 0.315 e. The Morgan fingerprint density at radius 3 is 2.68 bits per heavy atom. The SMILES string of the molecule is CCCn1cnc2c(Cc3ccccc3)ncnc21. The number of rotatable bonds is 4. The van der Waals surface area contributed by atoms with Gasteiger partial charge in [0.25, 0.3) is 0 Å². The van der Waals surface area contributed by atoms with Crippen LogP contribution in [0.5, 0.6) is 0 Å². The van der Waals surface area contributed by atoms with Crippen molar-refractivity contribution in [1.82, 2.24) is 19.5 Å². The van der Waals surface area contributed by atoms with E-state index in [-0.39, 0.29) is 0 Å². The zero-order valence-corrected chi connectivity index (χ0v) is 11.0. The van der Waals surface area contributed by atoms with Gasteiger partial charge in [-0.3, -0.25) is 0 Å². The van der Waals surface area contributed by atoms with Gasteiger partial charge in [0.15, 0.2) is 5.65 Å². The quantitative estimate of drug-likeness (QED) is 0.717. The minimum absolute atomic E-state index is 0.795. The van der Waals surface area contributed by atoms with Crippen LogP contribution in [0.15, 0.2) is 43.0 Å². The van der Waals surface area contributed by atoms with Gasteiger partial charge < -0.3 is 4.57 Å². The molecule has 4 nitrogen and oxygen atoms in total. The fourth-order valence-electron chi connectivity index (χ4n) is 2.25. The van der Waals surface area contributed by atoms with Crippen molar-refractivity contribution in [2.24, 2.45) is 0 Å². The molecule has 3 rings (SSSR count). The standard InChI is InChI=1S/C15H16N4/c1-2-8-19-11-18-14-13(16-10-17-15(14)19)9-12-6-4-3-5-7-12/h3-7,10-11H,2,8-9H2,1H3. The van der Waals surface area contributed by atoms with Gasteiger partial charge in [0.05, 0.1) is 12.0 Å². The monoisotopic (exact) mass is 252 g/mol. The molecular weight excluding hydrogens is 236 g/mol. The van der Waals surface area contributed by atoms with Crippen LogP contribution in [0.4, 0.5) is 0 Å². The fraction of sp³-hybridized carbons (Fsp3) is 0.267. The topological polar surface area (TPSA) is 43.6 Å². The van der Waals surface area contributed by atoms with E-state index < -0.39 is 0 Å². The number of benzene rings is 1. The highest BCUT2D eigenvalue weighted by Crippen LogP contribution is 2.16. The van der Waals surface area contributed by atoms with E-state index in [0.717, 1.165) is 36.2 Å². The molecule has 96 valence electrons. The second kappa shape index (κ2) is 5.18. The van der Waals surface area contributed by atoms with Gasteiger partial charge in [-0.2, -0.15) is 0 Å². The Bertz CT molecular complexity index is 673. The second-order valence-electron chi connectivity index (χ2n) is 4.59. The van der Waals surface area contributed by atoms with Crippen LogP contribution >= 0.6 is 0 Å². The first-order valence-electron chi connectivity index (χ1n) is 6.57. The number of fused-ring (bicyclic) bond motifs is 1. The molecule has 0 aliphatic heterocycles. The van der Waals surface area contributed by atoms with Crippen molar-refractivity contribution in [3.8, 4) is 0 Å². The molecule has 0 N–H and O–H groups in total. The molecule has 0 unspecified atom stereocenters. The molecule has 0 amide bonds. The molecule has 1 aromatic carbocycles. The van der Waals surface area contributed by atoms with E-state index in [4.69, 9.17) is 0 Å². The molecule has 0 fully saturated rings. The summed E-state index contributed by atoms with van der Waals surface area (Å²) in [6, 6.07) is 10.3. The summed E-state index contributed by atoms with van der Waals surface area (Å²) in [5.74, 6) is 0. The summed E-state index contributed by atoms with van der Waals surface area (Å²) in [5, 5.41) is 0. The molecule has 0 saturated heterocycles. The third-order valence-electron chi connectivity index (χ3n) is 3.16. The number of hydrogen-bond donors (Lipinski definition) is 0. The van der Waals surface area contributed by atoms with Crippen LogP contribution in [0.1, 0.15) is 24.6 Å². The fourth-order valence-corrected chi connectivity index (χ4v) is 2.25. The molecule has 0 bridgehead atoms. The van der Waals surface area contributed by atoms with Crippen LogP contribution in [0, 0.1) is 0 Å². The van der Waals surface area contributed by atoms with Crippen LogP contribution in [-0.2, 0) is 13.0 Å². The molecule has 0 atom stereocenters. The van der Waals surface area contributed by atoms with E-state index in [1.807, 2.05) is 24.5 Å². The van der Waals surface area contributed by atoms with E-state index in [2.05, 4.69) is 38.6 Å². The highest BCUT2D eigenvalue weighted by atomic mass is 15.1. The molecule has 0 saturated carbocycles. The van der Waals surface area contributed by atoms with Crippen LogP contribution in [0.3, 0.4) is 0 Å². The number of nitrogens with zero attached hydrogens (tertiary/aromatic N) is 4. The van der Waals surface area contributed by atoms with Crippen molar-refractivity contribution in [3.05, 3.63) is 54.2 Å². The van der Waals surface area contributed by atoms with Crippen LogP contribution in [0.2, 0.25) is 0 Å². The minimum atomic E-state index is 0.795. The third-order valence-corrected chi connectivity index (χ3v) is 3.16. The molecule has 3 aromatic rings. The van der Waals surface area contributed by atoms with Crippen molar-refractivity contribution < 1.29 is 0 Å². The lowest BCUT2D eigenvalue weighted by Crippen LogP contribution is -1.99. The maximum atomic E-state index is 4.47. The maximum absolute atomic E-state index is 4.47. The summed E-state index contributed by atoms with van der Waals surface area (Å²) < 4.78 is 2.09. The molecule has 19 heavy (non-hydrogen) atoms. The van der Waals surface area contributed by atoms with Gasteiger partial charge in [-0.05, 0) is 12.0 Å². The van der Waals surface area contributed by atoms with E-state index >= 15 is 0 Å². The second-order valence-corrected chi connectivity index (χ2v) is 4.59. The maximum Gasteiger partial charge on any atom is 0.163 e. The number of hydrogen-bond acceptors (Lipinski definition) is 3. The summed E-state index contributed by atoms with van der Waals surface area (Å²) in [7, 11) is 0. The van der Waals surface area contributed by atoms with Crippen molar-refractivity contribution in [3.63, 3.8) is 0 Å².